The highest BCUT2D eigenvalue weighted by Crippen LogP contribution is 2.18. The average Bonchev–Trinajstić information content (AvgIpc) is 2.89. The van der Waals surface area contributed by atoms with Gasteiger partial charge in [0.15, 0.2) is 0 Å². The molecule has 82 valence electrons. The Morgan fingerprint density at radius 2 is 2.60 bits per heavy atom. The minimum absolute atomic E-state index is 0.415. The number of fused-ring (bicyclic) bond motifs is 1. The molecule has 3 heterocycles. The lowest BCUT2D eigenvalue weighted by Crippen LogP contribution is -2.26. The van der Waals surface area contributed by atoms with Crippen molar-refractivity contribution in [2.45, 2.75) is 38.5 Å². The lowest BCUT2D eigenvalue weighted by Gasteiger charge is -2.17. The Bertz CT molecular complexity index is 342. The fourth-order valence-corrected chi connectivity index (χ4v) is 2.46. The van der Waals surface area contributed by atoms with Gasteiger partial charge in [0, 0.05) is 31.8 Å². The van der Waals surface area contributed by atoms with E-state index >= 15 is 0 Å². The van der Waals surface area contributed by atoms with Crippen molar-refractivity contribution >= 4 is 0 Å². The Morgan fingerprint density at radius 1 is 1.60 bits per heavy atom. The molecule has 0 spiro atoms. The van der Waals surface area contributed by atoms with Gasteiger partial charge in [-0.2, -0.15) is 0 Å². The number of nitrogens with zero attached hydrogens (tertiary/aromatic N) is 2. The Kier molecular flexibility index (Phi) is 2.46. The van der Waals surface area contributed by atoms with Gasteiger partial charge in [-0.3, -0.25) is 0 Å². The van der Waals surface area contributed by atoms with Crippen molar-refractivity contribution in [3.05, 3.63) is 17.7 Å². The van der Waals surface area contributed by atoms with Crippen molar-refractivity contribution in [2.75, 3.05) is 13.2 Å². The van der Waals surface area contributed by atoms with E-state index in [4.69, 9.17) is 4.74 Å². The number of nitrogens with one attached hydrogen (secondary N) is 1. The summed E-state index contributed by atoms with van der Waals surface area (Å²) in [7, 11) is 0. The summed E-state index contributed by atoms with van der Waals surface area (Å²) in [5.41, 5.74) is 2.63. The van der Waals surface area contributed by atoms with Crippen LogP contribution in [0.4, 0.5) is 0 Å². The zero-order valence-electron chi connectivity index (χ0n) is 8.91. The van der Waals surface area contributed by atoms with Crippen molar-refractivity contribution in [3.63, 3.8) is 0 Å². The van der Waals surface area contributed by atoms with E-state index in [0.29, 0.717) is 6.10 Å². The molecule has 0 saturated carbocycles. The maximum absolute atomic E-state index is 5.65. The van der Waals surface area contributed by atoms with Crippen LogP contribution in [0.1, 0.15) is 24.2 Å². The molecule has 1 saturated heterocycles. The van der Waals surface area contributed by atoms with Crippen molar-refractivity contribution in [2.24, 2.45) is 0 Å². The molecule has 0 aromatic carbocycles. The minimum Gasteiger partial charge on any atom is -0.376 e. The minimum atomic E-state index is 0.415. The molecule has 2 aliphatic rings. The quantitative estimate of drug-likeness (QED) is 0.776. The molecule has 0 bridgehead atoms. The van der Waals surface area contributed by atoms with Gasteiger partial charge >= 0.3 is 0 Å². The summed E-state index contributed by atoms with van der Waals surface area (Å²) in [5.74, 6) is 0. The van der Waals surface area contributed by atoms with Crippen LogP contribution in [0.15, 0.2) is 6.33 Å². The number of ether oxygens (including phenoxy) is 1. The first-order valence-corrected chi connectivity index (χ1v) is 5.78. The summed E-state index contributed by atoms with van der Waals surface area (Å²) in [6, 6.07) is 0. The predicted molar refractivity (Wildman–Crippen MR) is 56.6 cm³/mol. The molecule has 4 nitrogen and oxygen atoms in total. The highest BCUT2D eigenvalue weighted by Gasteiger charge is 2.20. The largest absolute Gasteiger partial charge is 0.376 e. The second kappa shape index (κ2) is 3.94. The molecule has 1 aromatic rings. The van der Waals surface area contributed by atoms with Crippen molar-refractivity contribution < 1.29 is 4.74 Å². The Hall–Kier alpha value is -0.870. The topological polar surface area (TPSA) is 39.1 Å². The first-order valence-electron chi connectivity index (χ1n) is 5.78. The number of hydrogen-bond donors (Lipinski definition) is 1. The van der Waals surface area contributed by atoms with E-state index in [-0.39, 0.29) is 0 Å². The third-order valence-corrected chi connectivity index (χ3v) is 3.29. The van der Waals surface area contributed by atoms with Crippen LogP contribution in [0.25, 0.3) is 0 Å². The molecular weight excluding hydrogens is 190 g/mol. The first-order chi connectivity index (χ1) is 7.43. The Balaban J connectivity index is 1.76. The highest BCUT2D eigenvalue weighted by atomic mass is 16.5. The first kappa shape index (κ1) is 9.36. The summed E-state index contributed by atoms with van der Waals surface area (Å²) in [4.78, 5) is 4.44. The molecule has 15 heavy (non-hydrogen) atoms. The van der Waals surface area contributed by atoms with Gasteiger partial charge in [0.1, 0.15) is 0 Å². The predicted octanol–water partition coefficient (Wildman–Crippen LogP) is 0.708. The number of hydrogen-bond acceptors (Lipinski definition) is 3. The average molecular weight is 207 g/mol. The van der Waals surface area contributed by atoms with Gasteiger partial charge < -0.3 is 14.6 Å². The molecule has 3 rings (SSSR count). The smallest absolute Gasteiger partial charge is 0.0953 e. The summed E-state index contributed by atoms with van der Waals surface area (Å²) < 4.78 is 7.94. The van der Waals surface area contributed by atoms with Gasteiger partial charge in [-0.15, -0.1) is 0 Å². The van der Waals surface area contributed by atoms with Gasteiger partial charge in [0.25, 0.3) is 0 Å². The van der Waals surface area contributed by atoms with E-state index in [2.05, 4.69) is 14.9 Å². The fourth-order valence-electron chi connectivity index (χ4n) is 2.46. The zero-order chi connectivity index (χ0) is 10.1. The fraction of sp³-hybridized carbons (Fsp3) is 0.727. The summed E-state index contributed by atoms with van der Waals surface area (Å²) in [6.45, 7) is 3.92. The molecule has 0 amide bonds. The molecule has 4 heteroatoms. The molecule has 2 aliphatic heterocycles. The maximum atomic E-state index is 5.65. The van der Waals surface area contributed by atoms with Crippen LogP contribution in [0.3, 0.4) is 0 Å². The van der Waals surface area contributed by atoms with Crippen LogP contribution in [0.2, 0.25) is 0 Å². The number of aromatic nitrogens is 2. The molecular formula is C11H17N3O. The summed E-state index contributed by atoms with van der Waals surface area (Å²) >= 11 is 0. The molecule has 1 atom stereocenters. The standard InChI is InChI=1S/C11H17N3O/c1-2-9(15-5-1)7-14-8-13-10-6-12-4-3-11(10)14/h8-9,12H,1-7H2. The highest BCUT2D eigenvalue weighted by molar-refractivity contribution is 5.16. The van der Waals surface area contributed by atoms with E-state index in [1.165, 1.54) is 24.2 Å². The third kappa shape index (κ3) is 1.79. The number of imidazole rings is 1. The molecule has 0 aliphatic carbocycles. The Morgan fingerprint density at radius 3 is 3.47 bits per heavy atom. The Labute approximate surface area is 89.6 Å². The normalized spacial score (nSPS) is 25.5. The summed E-state index contributed by atoms with van der Waals surface area (Å²) in [6.07, 6.45) is 5.90. The van der Waals surface area contributed by atoms with Gasteiger partial charge in [-0.25, -0.2) is 4.98 Å². The van der Waals surface area contributed by atoms with E-state index in [1.807, 2.05) is 6.33 Å². The SMILES string of the molecule is c1nc2c(n1CC1CCCO1)CCNC2. The number of rotatable bonds is 2. The second-order valence-electron chi connectivity index (χ2n) is 4.35. The van der Waals surface area contributed by atoms with Crippen LogP contribution in [0.5, 0.6) is 0 Å². The molecule has 1 unspecified atom stereocenters. The van der Waals surface area contributed by atoms with Crippen LogP contribution in [-0.2, 0) is 24.2 Å². The molecule has 0 radical (unpaired) electrons. The molecule has 1 N–H and O–H groups in total. The monoisotopic (exact) mass is 207 g/mol. The maximum Gasteiger partial charge on any atom is 0.0953 e. The van der Waals surface area contributed by atoms with Gasteiger partial charge in [-0.1, -0.05) is 0 Å². The van der Waals surface area contributed by atoms with Crippen LogP contribution in [-0.4, -0.2) is 28.8 Å². The van der Waals surface area contributed by atoms with Crippen molar-refractivity contribution in [1.29, 1.82) is 0 Å². The van der Waals surface area contributed by atoms with E-state index in [9.17, 15) is 0 Å². The zero-order valence-corrected chi connectivity index (χ0v) is 8.91. The summed E-state index contributed by atoms with van der Waals surface area (Å²) in [5, 5.41) is 3.34. The van der Waals surface area contributed by atoms with Crippen LogP contribution >= 0.6 is 0 Å². The van der Waals surface area contributed by atoms with Crippen LogP contribution < -0.4 is 5.32 Å². The lowest BCUT2D eigenvalue weighted by molar-refractivity contribution is 0.0962. The third-order valence-electron chi connectivity index (χ3n) is 3.29. The van der Waals surface area contributed by atoms with Crippen molar-refractivity contribution in [3.8, 4) is 0 Å². The van der Waals surface area contributed by atoms with Crippen LogP contribution in [0, 0.1) is 0 Å². The van der Waals surface area contributed by atoms with Crippen molar-refractivity contribution in [1.82, 2.24) is 14.9 Å². The molecule has 1 aromatic heterocycles. The van der Waals surface area contributed by atoms with Gasteiger partial charge in [-0.05, 0) is 12.8 Å². The van der Waals surface area contributed by atoms with Gasteiger partial charge in [0.2, 0.25) is 0 Å². The second-order valence-corrected chi connectivity index (χ2v) is 4.35. The van der Waals surface area contributed by atoms with E-state index < -0.39 is 0 Å². The van der Waals surface area contributed by atoms with E-state index in [0.717, 1.165) is 32.7 Å². The van der Waals surface area contributed by atoms with Gasteiger partial charge in [0.05, 0.1) is 24.7 Å². The molecule has 1 fully saturated rings. The lowest BCUT2D eigenvalue weighted by atomic mass is 10.1. The van der Waals surface area contributed by atoms with E-state index in [1.54, 1.807) is 0 Å².